The lowest BCUT2D eigenvalue weighted by Gasteiger charge is -1.94. The van der Waals surface area contributed by atoms with Crippen molar-refractivity contribution in [2.75, 3.05) is 7.11 Å². The standard InChI is InChI=1S/C15H11NO3S/c1-18-15(17)13-8-7-12(20-13)14-16-9-11(19-14)10-5-3-2-4-6-10/h2-9H,1H3. The maximum atomic E-state index is 11.4. The number of hydrogen-bond donors (Lipinski definition) is 0. The first-order chi connectivity index (χ1) is 9.78. The topological polar surface area (TPSA) is 52.3 Å². The Kier molecular flexibility index (Phi) is 3.35. The summed E-state index contributed by atoms with van der Waals surface area (Å²) in [5.74, 6) is 0.855. The Hall–Kier alpha value is -2.40. The van der Waals surface area contributed by atoms with Gasteiger partial charge in [0.25, 0.3) is 0 Å². The molecule has 1 aromatic carbocycles. The molecule has 2 aromatic heterocycles. The van der Waals surface area contributed by atoms with Gasteiger partial charge in [-0.1, -0.05) is 30.3 Å². The summed E-state index contributed by atoms with van der Waals surface area (Å²) in [4.78, 5) is 17.0. The van der Waals surface area contributed by atoms with Gasteiger partial charge in [-0.05, 0) is 12.1 Å². The van der Waals surface area contributed by atoms with E-state index in [0.29, 0.717) is 16.5 Å². The van der Waals surface area contributed by atoms with E-state index in [1.165, 1.54) is 18.4 Å². The van der Waals surface area contributed by atoms with Crippen LogP contribution < -0.4 is 0 Å². The molecule has 0 saturated carbocycles. The van der Waals surface area contributed by atoms with Crippen LogP contribution in [0.5, 0.6) is 0 Å². The van der Waals surface area contributed by atoms with Crippen molar-refractivity contribution in [3.05, 3.63) is 53.5 Å². The number of nitrogens with zero attached hydrogens (tertiary/aromatic N) is 1. The Morgan fingerprint density at radius 3 is 2.75 bits per heavy atom. The molecule has 0 spiro atoms. The lowest BCUT2D eigenvalue weighted by molar-refractivity contribution is 0.0606. The van der Waals surface area contributed by atoms with Crippen molar-refractivity contribution in [1.82, 2.24) is 4.98 Å². The van der Waals surface area contributed by atoms with Gasteiger partial charge in [-0.15, -0.1) is 11.3 Å². The molecule has 0 amide bonds. The van der Waals surface area contributed by atoms with Crippen molar-refractivity contribution in [3.63, 3.8) is 0 Å². The highest BCUT2D eigenvalue weighted by Crippen LogP contribution is 2.30. The summed E-state index contributed by atoms with van der Waals surface area (Å²) in [5.41, 5.74) is 0.969. The fraction of sp³-hybridized carbons (Fsp3) is 0.0667. The van der Waals surface area contributed by atoms with Gasteiger partial charge in [0.2, 0.25) is 5.89 Å². The van der Waals surface area contributed by atoms with Gasteiger partial charge in [0, 0.05) is 5.56 Å². The summed E-state index contributed by atoms with van der Waals surface area (Å²) in [6.07, 6.45) is 1.68. The summed E-state index contributed by atoms with van der Waals surface area (Å²) in [7, 11) is 1.36. The number of carbonyl (C=O) groups is 1. The van der Waals surface area contributed by atoms with E-state index in [1.54, 1.807) is 18.3 Å². The molecular formula is C15H11NO3S. The zero-order chi connectivity index (χ0) is 13.9. The van der Waals surface area contributed by atoms with Crippen molar-refractivity contribution >= 4 is 17.3 Å². The summed E-state index contributed by atoms with van der Waals surface area (Å²) in [6.45, 7) is 0. The van der Waals surface area contributed by atoms with E-state index < -0.39 is 0 Å². The predicted octanol–water partition coefficient (Wildman–Crippen LogP) is 3.86. The minimum Gasteiger partial charge on any atom is -0.465 e. The molecular weight excluding hydrogens is 274 g/mol. The van der Waals surface area contributed by atoms with Crippen molar-refractivity contribution in [2.45, 2.75) is 0 Å². The number of oxazole rings is 1. The third-order valence-corrected chi connectivity index (χ3v) is 3.82. The Bertz CT molecular complexity index is 730. The maximum Gasteiger partial charge on any atom is 0.348 e. The van der Waals surface area contributed by atoms with Crippen LogP contribution >= 0.6 is 11.3 Å². The second-order valence-electron chi connectivity index (χ2n) is 4.05. The molecule has 0 radical (unpaired) electrons. The highest BCUT2D eigenvalue weighted by Gasteiger charge is 2.14. The van der Waals surface area contributed by atoms with Crippen LogP contribution in [0, 0.1) is 0 Å². The van der Waals surface area contributed by atoms with Gasteiger partial charge in [-0.2, -0.15) is 0 Å². The molecule has 100 valence electrons. The summed E-state index contributed by atoms with van der Waals surface area (Å²) in [5, 5.41) is 0. The van der Waals surface area contributed by atoms with E-state index in [2.05, 4.69) is 9.72 Å². The molecule has 0 aliphatic rings. The second kappa shape index (κ2) is 5.30. The molecule has 5 heteroatoms. The van der Waals surface area contributed by atoms with E-state index in [-0.39, 0.29) is 5.97 Å². The quantitative estimate of drug-likeness (QED) is 0.686. The number of methoxy groups -OCH3 is 1. The summed E-state index contributed by atoms with van der Waals surface area (Å²) in [6, 6.07) is 13.3. The zero-order valence-corrected chi connectivity index (χ0v) is 11.5. The van der Waals surface area contributed by atoms with Crippen LogP contribution in [-0.2, 0) is 4.74 Å². The van der Waals surface area contributed by atoms with Crippen molar-refractivity contribution in [1.29, 1.82) is 0 Å². The fourth-order valence-corrected chi connectivity index (χ4v) is 2.64. The number of ether oxygens (including phenoxy) is 1. The average molecular weight is 285 g/mol. The van der Waals surface area contributed by atoms with Crippen LogP contribution in [0.3, 0.4) is 0 Å². The van der Waals surface area contributed by atoms with Gasteiger partial charge in [-0.3, -0.25) is 0 Å². The maximum absolute atomic E-state index is 11.4. The molecule has 0 fully saturated rings. The lowest BCUT2D eigenvalue weighted by atomic mass is 10.2. The van der Waals surface area contributed by atoms with Crippen molar-refractivity contribution < 1.29 is 13.9 Å². The normalized spacial score (nSPS) is 10.4. The van der Waals surface area contributed by atoms with E-state index in [4.69, 9.17) is 4.42 Å². The number of esters is 1. The van der Waals surface area contributed by atoms with Gasteiger partial charge in [0.05, 0.1) is 18.2 Å². The Labute approximate surface area is 119 Å². The van der Waals surface area contributed by atoms with Gasteiger partial charge in [-0.25, -0.2) is 9.78 Å². The first-order valence-electron chi connectivity index (χ1n) is 5.97. The smallest absolute Gasteiger partial charge is 0.348 e. The summed E-state index contributed by atoms with van der Waals surface area (Å²) < 4.78 is 10.4. The number of thiophene rings is 1. The number of aromatic nitrogens is 1. The van der Waals surface area contributed by atoms with E-state index in [1.807, 2.05) is 30.3 Å². The van der Waals surface area contributed by atoms with E-state index in [0.717, 1.165) is 10.4 Å². The number of rotatable bonds is 3. The predicted molar refractivity (Wildman–Crippen MR) is 76.6 cm³/mol. The van der Waals surface area contributed by atoms with Crippen molar-refractivity contribution in [2.24, 2.45) is 0 Å². The molecule has 3 rings (SSSR count). The molecule has 0 bridgehead atoms. The number of carbonyl (C=O) groups excluding carboxylic acids is 1. The molecule has 0 saturated heterocycles. The third-order valence-electron chi connectivity index (χ3n) is 2.77. The van der Waals surface area contributed by atoms with Crippen LogP contribution in [0.25, 0.3) is 22.1 Å². The Morgan fingerprint density at radius 1 is 1.20 bits per heavy atom. The monoisotopic (exact) mass is 285 g/mol. The van der Waals surface area contributed by atoms with E-state index >= 15 is 0 Å². The largest absolute Gasteiger partial charge is 0.465 e. The summed E-state index contributed by atoms with van der Waals surface area (Å²) >= 11 is 1.30. The van der Waals surface area contributed by atoms with Gasteiger partial charge in [0.15, 0.2) is 5.76 Å². The van der Waals surface area contributed by atoms with Crippen LogP contribution in [-0.4, -0.2) is 18.1 Å². The molecule has 2 heterocycles. The molecule has 3 aromatic rings. The van der Waals surface area contributed by atoms with E-state index in [9.17, 15) is 4.79 Å². The lowest BCUT2D eigenvalue weighted by Crippen LogP contribution is -1.96. The zero-order valence-electron chi connectivity index (χ0n) is 10.7. The molecule has 20 heavy (non-hydrogen) atoms. The minimum atomic E-state index is -0.351. The van der Waals surface area contributed by atoms with Crippen LogP contribution in [0.15, 0.2) is 53.1 Å². The highest BCUT2D eigenvalue weighted by molar-refractivity contribution is 7.17. The average Bonchev–Trinajstić information content (AvgIpc) is 3.16. The number of benzene rings is 1. The van der Waals surface area contributed by atoms with Gasteiger partial charge >= 0.3 is 5.97 Å². The second-order valence-corrected chi connectivity index (χ2v) is 5.13. The minimum absolute atomic E-state index is 0.351. The van der Waals surface area contributed by atoms with Crippen molar-refractivity contribution in [3.8, 4) is 22.1 Å². The highest BCUT2D eigenvalue weighted by atomic mass is 32.1. The first-order valence-corrected chi connectivity index (χ1v) is 6.79. The SMILES string of the molecule is COC(=O)c1ccc(-c2ncc(-c3ccccc3)o2)s1. The van der Waals surface area contributed by atoms with Crippen LogP contribution in [0.1, 0.15) is 9.67 Å². The molecule has 0 aliphatic carbocycles. The molecule has 0 unspecified atom stereocenters. The molecule has 0 atom stereocenters. The van der Waals surface area contributed by atoms with Gasteiger partial charge < -0.3 is 9.15 Å². The third kappa shape index (κ3) is 2.35. The number of hydrogen-bond acceptors (Lipinski definition) is 5. The molecule has 0 aliphatic heterocycles. The van der Waals surface area contributed by atoms with Gasteiger partial charge in [0.1, 0.15) is 4.88 Å². The van der Waals surface area contributed by atoms with Crippen LogP contribution in [0.4, 0.5) is 0 Å². The molecule has 4 nitrogen and oxygen atoms in total. The molecule has 0 N–H and O–H groups in total. The fourth-order valence-electron chi connectivity index (χ4n) is 1.79. The first kappa shape index (κ1) is 12.6. The van der Waals surface area contributed by atoms with Crippen LogP contribution in [0.2, 0.25) is 0 Å². The Morgan fingerprint density at radius 2 is 2.00 bits per heavy atom. The Balaban J connectivity index is 1.91.